The third-order valence-corrected chi connectivity index (χ3v) is 3.31. The maximum atomic E-state index is 5.67. The number of hydrogen-bond donors (Lipinski definition) is 1. The Kier molecular flexibility index (Phi) is 8.26. The highest BCUT2D eigenvalue weighted by Gasteiger charge is 2.10. The van der Waals surface area contributed by atoms with Crippen molar-refractivity contribution in [2.24, 2.45) is 0 Å². The van der Waals surface area contributed by atoms with Crippen molar-refractivity contribution in [3.63, 3.8) is 0 Å². The molecule has 0 aliphatic rings. The summed E-state index contributed by atoms with van der Waals surface area (Å²) in [6, 6.07) is 8.51. The van der Waals surface area contributed by atoms with Crippen molar-refractivity contribution in [3.05, 3.63) is 29.8 Å². The van der Waals surface area contributed by atoms with Gasteiger partial charge in [-0.3, -0.25) is 0 Å². The summed E-state index contributed by atoms with van der Waals surface area (Å²) in [5, 5.41) is 3.54. The highest BCUT2D eigenvalue weighted by atomic mass is 16.5. The van der Waals surface area contributed by atoms with E-state index in [1.807, 2.05) is 19.1 Å². The standard InChI is InChI=1S/C16H28N2O2/c1-5-20-16-9-7-6-8-15(16)14(2)17-10-11-18(3)12-13-19-4/h6-9,14,17H,5,10-13H2,1-4H3. The van der Waals surface area contributed by atoms with Gasteiger partial charge in [0.1, 0.15) is 5.75 Å². The lowest BCUT2D eigenvalue weighted by Gasteiger charge is -2.20. The Bertz CT molecular complexity index is 371. The summed E-state index contributed by atoms with van der Waals surface area (Å²) in [5.74, 6) is 0.975. The van der Waals surface area contributed by atoms with Crippen molar-refractivity contribution in [2.75, 3.05) is 47.0 Å². The highest BCUT2D eigenvalue weighted by Crippen LogP contribution is 2.24. The zero-order chi connectivity index (χ0) is 14.8. The zero-order valence-corrected chi connectivity index (χ0v) is 13.2. The molecule has 0 aromatic heterocycles. The summed E-state index contributed by atoms with van der Waals surface area (Å²) < 4.78 is 10.7. The second-order valence-electron chi connectivity index (χ2n) is 4.94. The third kappa shape index (κ3) is 5.90. The normalized spacial score (nSPS) is 12.7. The quantitative estimate of drug-likeness (QED) is 0.713. The summed E-state index contributed by atoms with van der Waals surface area (Å²) in [7, 11) is 3.85. The molecule has 0 saturated heterocycles. The van der Waals surface area contributed by atoms with E-state index in [0.717, 1.165) is 32.0 Å². The van der Waals surface area contributed by atoms with Crippen LogP contribution in [0.2, 0.25) is 0 Å². The zero-order valence-electron chi connectivity index (χ0n) is 13.2. The van der Waals surface area contributed by atoms with Crippen molar-refractivity contribution in [2.45, 2.75) is 19.9 Å². The summed E-state index contributed by atoms with van der Waals surface area (Å²) in [5.41, 5.74) is 1.22. The van der Waals surface area contributed by atoms with Crippen molar-refractivity contribution in [1.29, 1.82) is 0 Å². The first kappa shape index (κ1) is 17.0. The van der Waals surface area contributed by atoms with E-state index in [0.29, 0.717) is 6.61 Å². The minimum absolute atomic E-state index is 0.286. The van der Waals surface area contributed by atoms with Gasteiger partial charge in [-0.2, -0.15) is 0 Å². The van der Waals surface area contributed by atoms with E-state index in [9.17, 15) is 0 Å². The minimum atomic E-state index is 0.286. The van der Waals surface area contributed by atoms with Gasteiger partial charge in [-0.15, -0.1) is 0 Å². The number of rotatable bonds is 10. The molecule has 1 atom stereocenters. The molecule has 0 saturated carbocycles. The summed E-state index contributed by atoms with van der Waals surface area (Å²) >= 11 is 0. The van der Waals surface area contributed by atoms with Gasteiger partial charge in [0.2, 0.25) is 0 Å². The summed E-state index contributed by atoms with van der Waals surface area (Å²) in [6.07, 6.45) is 0. The predicted octanol–water partition coefficient (Wildman–Crippen LogP) is 2.31. The van der Waals surface area contributed by atoms with E-state index in [-0.39, 0.29) is 6.04 Å². The Balaban J connectivity index is 2.40. The Labute approximate surface area is 123 Å². The number of benzene rings is 1. The molecule has 1 rings (SSSR count). The maximum absolute atomic E-state index is 5.67. The van der Waals surface area contributed by atoms with Crippen LogP contribution in [0.5, 0.6) is 5.75 Å². The van der Waals surface area contributed by atoms with Gasteiger partial charge in [0.15, 0.2) is 0 Å². The Hall–Kier alpha value is -1.10. The molecule has 0 aliphatic heterocycles. The van der Waals surface area contributed by atoms with Gasteiger partial charge >= 0.3 is 0 Å². The number of hydrogen-bond acceptors (Lipinski definition) is 4. The Morgan fingerprint density at radius 1 is 1.25 bits per heavy atom. The third-order valence-electron chi connectivity index (χ3n) is 3.31. The average molecular weight is 280 g/mol. The van der Waals surface area contributed by atoms with Crippen LogP contribution in [0.25, 0.3) is 0 Å². The van der Waals surface area contributed by atoms with Crippen LogP contribution in [0.4, 0.5) is 0 Å². The fraction of sp³-hybridized carbons (Fsp3) is 0.625. The Morgan fingerprint density at radius 2 is 2.00 bits per heavy atom. The van der Waals surface area contributed by atoms with E-state index >= 15 is 0 Å². The molecule has 1 aromatic rings. The molecule has 0 amide bonds. The van der Waals surface area contributed by atoms with Crippen LogP contribution in [0, 0.1) is 0 Å². The molecule has 114 valence electrons. The molecule has 1 unspecified atom stereocenters. The highest BCUT2D eigenvalue weighted by molar-refractivity contribution is 5.35. The largest absolute Gasteiger partial charge is 0.494 e. The first-order valence-electron chi connectivity index (χ1n) is 7.31. The molecule has 0 heterocycles. The number of para-hydroxylation sites is 1. The fourth-order valence-corrected chi connectivity index (χ4v) is 2.07. The first-order valence-corrected chi connectivity index (χ1v) is 7.31. The van der Waals surface area contributed by atoms with Crippen LogP contribution in [0.15, 0.2) is 24.3 Å². The van der Waals surface area contributed by atoms with Gasteiger partial charge in [-0.25, -0.2) is 0 Å². The molecule has 0 radical (unpaired) electrons. The number of ether oxygens (including phenoxy) is 2. The van der Waals surface area contributed by atoms with Crippen LogP contribution in [0.1, 0.15) is 25.5 Å². The summed E-state index contributed by atoms with van der Waals surface area (Å²) in [6.45, 7) is 8.57. The van der Waals surface area contributed by atoms with E-state index in [2.05, 4.69) is 36.3 Å². The van der Waals surface area contributed by atoms with Gasteiger partial charge in [0.25, 0.3) is 0 Å². The van der Waals surface area contributed by atoms with Gasteiger partial charge in [0, 0.05) is 38.3 Å². The van der Waals surface area contributed by atoms with Crippen molar-refractivity contribution < 1.29 is 9.47 Å². The number of likely N-dealkylation sites (N-methyl/N-ethyl adjacent to an activating group) is 1. The van der Waals surface area contributed by atoms with Gasteiger partial charge in [-0.05, 0) is 27.0 Å². The van der Waals surface area contributed by atoms with Crippen LogP contribution in [-0.2, 0) is 4.74 Å². The Morgan fingerprint density at radius 3 is 2.70 bits per heavy atom. The molecule has 20 heavy (non-hydrogen) atoms. The summed E-state index contributed by atoms with van der Waals surface area (Å²) in [4.78, 5) is 2.26. The van der Waals surface area contributed by atoms with E-state index < -0.39 is 0 Å². The first-order chi connectivity index (χ1) is 9.69. The number of nitrogens with one attached hydrogen (secondary N) is 1. The topological polar surface area (TPSA) is 33.7 Å². The van der Waals surface area contributed by atoms with Gasteiger partial charge in [0.05, 0.1) is 13.2 Å². The second-order valence-corrected chi connectivity index (χ2v) is 4.94. The van der Waals surface area contributed by atoms with Gasteiger partial charge < -0.3 is 19.7 Å². The van der Waals surface area contributed by atoms with E-state index in [1.165, 1.54) is 5.56 Å². The van der Waals surface area contributed by atoms with E-state index in [1.54, 1.807) is 7.11 Å². The smallest absolute Gasteiger partial charge is 0.124 e. The molecule has 0 fully saturated rings. The molecule has 1 aromatic carbocycles. The minimum Gasteiger partial charge on any atom is -0.494 e. The SMILES string of the molecule is CCOc1ccccc1C(C)NCCN(C)CCOC. The van der Waals surface area contributed by atoms with Crippen LogP contribution >= 0.6 is 0 Å². The molecule has 0 bridgehead atoms. The molecule has 0 aliphatic carbocycles. The molecular weight excluding hydrogens is 252 g/mol. The van der Waals surface area contributed by atoms with E-state index in [4.69, 9.17) is 9.47 Å². The predicted molar refractivity (Wildman–Crippen MR) is 83.4 cm³/mol. The number of methoxy groups -OCH3 is 1. The van der Waals surface area contributed by atoms with Crippen molar-refractivity contribution >= 4 is 0 Å². The van der Waals surface area contributed by atoms with Crippen LogP contribution < -0.4 is 10.1 Å². The lowest BCUT2D eigenvalue weighted by molar-refractivity contribution is 0.161. The number of nitrogens with zero attached hydrogens (tertiary/aromatic N) is 1. The average Bonchev–Trinajstić information content (AvgIpc) is 2.46. The molecule has 1 N–H and O–H groups in total. The van der Waals surface area contributed by atoms with Gasteiger partial charge in [-0.1, -0.05) is 18.2 Å². The molecule has 0 spiro atoms. The maximum Gasteiger partial charge on any atom is 0.124 e. The molecular formula is C16H28N2O2. The van der Waals surface area contributed by atoms with Crippen molar-refractivity contribution in [3.8, 4) is 5.75 Å². The fourth-order valence-electron chi connectivity index (χ4n) is 2.07. The molecule has 4 nitrogen and oxygen atoms in total. The lowest BCUT2D eigenvalue weighted by atomic mass is 10.1. The second kappa shape index (κ2) is 9.75. The van der Waals surface area contributed by atoms with Crippen LogP contribution in [0.3, 0.4) is 0 Å². The molecule has 4 heteroatoms. The monoisotopic (exact) mass is 280 g/mol. The van der Waals surface area contributed by atoms with Crippen LogP contribution in [-0.4, -0.2) is 51.9 Å². The van der Waals surface area contributed by atoms with Crippen molar-refractivity contribution in [1.82, 2.24) is 10.2 Å². The lowest BCUT2D eigenvalue weighted by Crippen LogP contribution is -2.32.